The Morgan fingerprint density at radius 1 is 0.875 bits per heavy atom. The molecule has 0 bridgehead atoms. The fourth-order valence-electron chi connectivity index (χ4n) is 2.15. The maximum Gasteiger partial charge on any atom is 0.108 e. The second-order valence-electron chi connectivity index (χ2n) is 6.48. The van der Waals surface area contributed by atoms with E-state index < -0.39 is 0 Å². The third kappa shape index (κ3) is 2.65. The first-order valence-electron chi connectivity index (χ1n) is 5.89. The van der Waals surface area contributed by atoms with Crippen LogP contribution in [-0.4, -0.2) is 0 Å². The largest absolute Gasteiger partial charge is 0.232 e. The summed E-state index contributed by atoms with van der Waals surface area (Å²) in [6.07, 6.45) is 0. The summed E-state index contributed by atoms with van der Waals surface area (Å²) in [5, 5.41) is 11.5. The van der Waals surface area contributed by atoms with Crippen LogP contribution >= 0.6 is 0 Å². The summed E-state index contributed by atoms with van der Waals surface area (Å²) in [5.41, 5.74) is 3.45. The van der Waals surface area contributed by atoms with Gasteiger partial charge in [-0.25, -0.2) is 5.11 Å². The lowest BCUT2D eigenvalue weighted by atomic mass is 9.76. The van der Waals surface area contributed by atoms with E-state index in [-0.39, 0.29) is 17.4 Å². The highest BCUT2D eigenvalue weighted by Crippen LogP contribution is 2.33. The quantitative estimate of drug-likeness (QED) is 0.674. The third-order valence-electron chi connectivity index (χ3n) is 2.94. The summed E-state index contributed by atoms with van der Waals surface area (Å²) in [4.78, 5) is 0. The van der Waals surface area contributed by atoms with E-state index in [9.17, 15) is 5.11 Å². The maximum absolute atomic E-state index is 11.5. The Hall–Kier alpha value is -0.820. The van der Waals surface area contributed by atoms with Crippen LogP contribution < -0.4 is 0 Å². The van der Waals surface area contributed by atoms with Crippen LogP contribution in [0.5, 0.6) is 0 Å². The molecule has 1 aromatic rings. The summed E-state index contributed by atoms with van der Waals surface area (Å²) in [5.74, 6) is 0. The Balaban J connectivity index is 3.45. The Morgan fingerprint density at radius 3 is 1.50 bits per heavy atom. The highest BCUT2D eigenvalue weighted by molar-refractivity contribution is 5.42. The average molecular weight is 219 g/mol. The second-order valence-corrected chi connectivity index (χ2v) is 6.48. The van der Waals surface area contributed by atoms with Gasteiger partial charge in [-0.15, -0.1) is 0 Å². The molecule has 0 heterocycles. The van der Waals surface area contributed by atoms with Crippen molar-refractivity contribution in [3.63, 3.8) is 0 Å². The van der Waals surface area contributed by atoms with Crippen molar-refractivity contribution in [3.8, 4) is 0 Å². The highest BCUT2D eigenvalue weighted by Gasteiger charge is 2.24. The van der Waals surface area contributed by atoms with E-state index in [1.807, 2.05) is 0 Å². The molecule has 1 rings (SSSR count). The van der Waals surface area contributed by atoms with Gasteiger partial charge in [-0.3, -0.25) is 0 Å². The first kappa shape index (κ1) is 13.2. The molecule has 1 aromatic carbocycles. The monoisotopic (exact) mass is 219 g/mol. The SMILES string of the molecule is CC(C)(C)c1cccc(C(C)(C)C)c1C[O]. The molecular weight excluding hydrogens is 196 g/mol. The van der Waals surface area contributed by atoms with Crippen molar-refractivity contribution in [2.24, 2.45) is 0 Å². The molecule has 0 N–H and O–H groups in total. The fraction of sp³-hybridized carbons (Fsp3) is 0.600. The molecule has 0 aliphatic heterocycles. The zero-order valence-electron chi connectivity index (χ0n) is 11.3. The smallest absolute Gasteiger partial charge is 0.108 e. The number of hydrogen-bond acceptors (Lipinski definition) is 0. The molecule has 0 saturated carbocycles. The van der Waals surface area contributed by atoms with E-state index in [2.05, 4.69) is 59.7 Å². The van der Waals surface area contributed by atoms with Crippen LogP contribution in [0.2, 0.25) is 0 Å². The molecule has 0 aromatic heterocycles. The van der Waals surface area contributed by atoms with Crippen LogP contribution in [0.1, 0.15) is 58.2 Å². The number of benzene rings is 1. The average Bonchev–Trinajstić information content (AvgIpc) is 2.13. The zero-order valence-corrected chi connectivity index (χ0v) is 11.3. The van der Waals surface area contributed by atoms with Crippen molar-refractivity contribution in [1.29, 1.82) is 0 Å². The fourth-order valence-corrected chi connectivity index (χ4v) is 2.15. The molecule has 1 heteroatoms. The van der Waals surface area contributed by atoms with Gasteiger partial charge in [0.15, 0.2) is 0 Å². The predicted octanol–water partition coefficient (Wildman–Crippen LogP) is 4.21. The molecular formula is C15H23O. The molecule has 0 aliphatic carbocycles. The molecule has 89 valence electrons. The minimum Gasteiger partial charge on any atom is -0.232 e. The molecule has 0 fully saturated rings. The molecule has 16 heavy (non-hydrogen) atoms. The Kier molecular flexibility index (Phi) is 3.49. The van der Waals surface area contributed by atoms with E-state index in [0.717, 1.165) is 5.56 Å². The van der Waals surface area contributed by atoms with Crippen LogP contribution in [0.15, 0.2) is 18.2 Å². The van der Waals surface area contributed by atoms with Gasteiger partial charge < -0.3 is 0 Å². The van der Waals surface area contributed by atoms with E-state index >= 15 is 0 Å². The zero-order chi connectivity index (χ0) is 12.6. The van der Waals surface area contributed by atoms with Crippen molar-refractivity contribution in [3.05, 3.63) is 34.9 Å². The van der Waals surface area contributed by atoms with E-state index in [1.54, 1.807) is 0 Å². The van der Waals surface area contributed by atoms with Crippen LogP contribution in [0, 0.1) is 0 Å². The van der Waals surface area contributed by atoms with Crippen LogP contribution in [0.3, 0.4) is 0 Å². The van der Waals surface area contributed by atoms with Crippen molar-refractivity contribution < 1.29 is 5.11 Å². The summed E-state index contributed by atoms with van der Waals surface area (Å²) >= 11 is 0. The van der Waals surface area contributed by atoms with Gasteiger partial charge in [0.1, 0.15) is 6.61 Å². The molecule has 0 spiro atoms. The van der Waals surface area contributed by atoms with Crippen molar-refractivity contribution in [2.45, 2.75) is 59.0 Å². The van der Waals surface area contributed by atoms with Crippen LogP contribution in [0.25, 0.3) is 0 Å². The molecule has 0 amide bonds. The van der Waals surface area contributed by atoms with Gasteiger partial charge >= 0.3 is 0 Å². The molecule has 0 atom stereocenters. The van der Waals surface area contributed by atoms with E-state index in [4.69, 9.17) is 0 Å². The Labute approximate surface area is 99.5 Å². The maximum atomic E-state index is 11.5. The lowest BCUT2D eigenvalue weighted by molar-refractivity contribution is 0.173. The Bertz CT molecular complexity index is 332. The van der Waals surface area contributed by atoms with Gasteiger partial charge in [-0.05, 0) is 27.5 Å². The van der Waals surface area contributed by atoms with Gasteiger partial charge in [0.2, 0.25) is 0 Å². The standard InChI is InChI=1S/C15H23O/c1-14(2,3)12-8-7-9-13(11(12)10-16)15(4,5)6/h7-9H,10H2,1-6H3. The molecule has 1 radical (unpaired) electrons. The van der Waals surface area contributed by atoms with Crippen molar-refractivity contribution >= 4 is 0 Å². The summed E-state index contributed by atoms with van der Waals surface area (Å²) in [6, 6.07) is 6.24. The minimum atomic E-state index is -0.125. The van der Waals surface area contributed by atoms with Gasteiger partial charge in [-0.2, -0.15) is 0 Å². The lowest BCUT2D eigenvalue weighted by Gasteiger charge is -2.28. The molecule has 0 unspecified atom stereocenters. The van der Waals surface area contributed by atoms with Gasteiger partial charge in [0.25, 0.3) is 0 Å². The number of rotatable bonds is 1. The van der Waals surface area contributed by atoms with Gasteiger partial charge in [0.05, 0.1) is 0 Å². The highest BCUT2D eigenvalue weighted by atomic mass is 16.3. The number of hydrogen-bond donors (Lipinski definition) is 0. The first-order chi connectivity index (χ1) is 7.18. The topological polar surface area (TPSA) is 19.9 Å². The normalized spacial score (nSPS) is 12.9. The molecule has 0 saturated heterocycles. The molecule has 1 nitrogen and oxygen atoms in total. The van der Waals surface area contributed by atoms with E-state index in [0.29, 0.717) is 0 Å². The predicted molar refractivity (Wildman–Crippen MR) is 68.2 cm³/mol. The van der Waals surface area contributed by atoms with E-state index in [1.165, 1.54) is 11.1 Å². The van der Waals surface area contributed by atoms with Crippen LogP contribution in [-0.2, 0) is 22.5 Å². The lowest BCUT2D eigenvalue weighted by Crippen LogP contribution is -2.20. The van der Waals surface area contributed by atoms with Crippen LogP contribution in [0.4, 0.5) is 0 Å². The van der Waals surface area contributed by atoms with Crippen molar-refractivity contribution in [1.82, 2.24) is 0 Å². The van der Waals surface area contributed by atoms with Crippen molar-refractivity contribution in [2.75, 3.05) is 0 Å². The Morgan fingerprint density at radius 2 is 1.25 bits per heavy atom. The minimum absolute atomic E-state index is 0.0427. The summed E-state index contributed by atoms with van der Waals surface area (Å²) in [7, 11) is 0. The third-order valence-corrected chi connectivity index (χ3v) is 2.94. The second kappa shape index (κ2) is 4.21. The molecule has 0 aliphatic rings. The summed E-state index contributed by atoms with van der Waals surface area (Å²) in [6.45, 7) is 12.8. The first-order valence-corrected chi connectivity index (χ1v) is 5.89. The van der Waals surface area contributed by atoms with Gasteiger partial charge in [0, 0.05) is 0 Å². The summed E-state index contributed by atoms with van der Waals surface area (Å²) < 4.78 is 0. The van der Waals surface area contributed by atoms with Gasteiger partial charge in [-0.1, -0.05) is 59.7 Å².